The quantitative estimate of drug-likeness (QED) is 0.0502. The van der Waals surface area contributed by atoms with Crippen molar-refractivity contribution in [2.45, 2.75) is 24.9 Å². The minimum atomic E-state index is -1.23. The number of nitro benzene ring substituents is 1. The van der Waals surface area contributed by atoms with Gasteiger partial charge in [-0.1, -0.05) is 0 Å². The molecule has 0 fully saturated rings. The van der Waals surface area contributed by atoms with Crippen LogP contribution >= 0.6 is 12.6 Å². The second-order valence-electron chi connectivity index (χ2n) is 7.74. The monoisotopic (exact) mass is 556 g/mol. The smallest absolute Gasteiger partial charge is 0.322 e. The molecular formula is C20H28N8O9S. The van der Waals surface area contributed by atoms with Crippen LogP contribution in [0.4, 0.5) is 11.4 Å². The van der Waals surface area contributed by atoms with E-state index in [1.54, 1.807) is 0 Å². The number of anilines is 1. The summed E-state index contributed by atoms with van der Waals surface area (Å²) in [5.41, 5.74) is 6.31. The van der Waals surface area contributed by atoms with Gasteiger partial charge in [0, 0.05) is 31.3 Å². The number of thiol groups is 1. The molecule has 1 aromatic carbocycles. The van der Waals surface area contributed by atoms with E-state index in [2.05, 4.69) is 48.8 Å². The van der Waals surface area contributed by atoms with Crippen LogP contribution in [0.3, 0.4) is 0 Å². The zero-order valence-electron chi connectivity index (χ0n) is 20.0. The van der Waals surface area contributed by atoms with E-state index in [-0.39, 0.29) is 55.1 Å². The molecule has 2 rings (SSSR count). The fraction of sp³-hybridized carbons (Fsp3) is 0.500. The van der Waals surface area contributed by atoms with Crippen LogP contribution in [0, 0.1) is 10.1 Å². The van der Waals surface area contributed by atoms with Gasteiger partial charge in [0.25, 0.3) is 0 Å². The molecule has 0 saturated carbocycles. The minimum absolute atomic E-state index is 0.0130. The number of hydrogen-bond acceptors (Lipinski definition) is 13. The number of carbonyl (C=O) groups is 4. The lowest BCUT2D eigenvalue weighted by atomic mass is 10.1. The summed E-state index contributed by atoms with van der Waals surface area (Å²) in [7, 11) is 0. The van der Waals surface area contributed by atoms with Crippen molar-refractivity contribution in [3.05, 3.63) is 22.2 Å². The Morgan fingerprint density at radius 1 is 1.13 bits per heavy atom. The molecular weight excluding hydrogens is 528 g/mol. The zero-order valence-corrected chi connectivity index (χ0v) is 20.9. The van der Waals surface area contributed by atoms with Crippen molar-refractivity contribution >= 4 is 58.7 Å². The Kier molecular flexibility index (Phi) is 12.1. The number of nitro groups is 1. The van der Waals surface area contributed by atoms with Crippen LogP contribution in [0.2, 0.25) is 0 Å². The van der Waals surface area contributed by atoms with Crippen molar-refractivity contribution < 1.29 is 38.6 Å². The van der Waals surface area contributed by atoms with Gasteiger partial charge in [-0.15, -0.1) is 0 Å². The molecule has 7 N–H and O–H groups in total. The summed E-state index contributed by atoms with van der Waals surface area (Å²) in [6, 6.07) is 0.773. The normalized spacial score (nSPS) is 12.4. The molecule has 2 aromatic rings. The Balaban J connectivity index is 1.61. The highest BCUT2D eigenvalue weighted by atomic mass is 32.1. The van der Waals surface area contributed by atoms with Crippen molar-refractivity contribution in [3.63, 3.8) is 0 Å². The molecule has 0 spiro atoms. The summed E-state index contributed by atoms with van der Waals surface area (Å²) in [6.45, 7) is 0.340. The van der Waals surface area contributed by atoms with E-state index in [9.17, 15) is 29.3 Å². The molecule has 2 atom stereocenters. The SMILES string of the molecule is NC(CCC(=O)N[C@@H](CS)C(=O)NCC(=O)O)C(=O)NCCOCCNc1ccc([N+](=O)[O-])c2nonc12. The average molecular weight is 557 g/mol. The fourth-order valence-electron chi connectivity index (χ4n) is 3.05. The van der Waals surface area contributed by atoms with E-state index in [0.717, 1.165) is 0 Å². The van der Waals surface area contributed by atoms with Gasteiger partial charge in [-0.05, 0) is 22.8 Å². The highest BCUT2D eigenvalue weighted by Gasteiger charge is 2.22. The van der Waals surface area contributed by atoms with E-state index in [1.165, 1.54) is 12.1 Å². The topological polar surface area (TPSA) is 254 Å². The number of non-ortho nitro benzene ring substituents is 1. The standard InChI is InChI=1S/C20H28N8O9S/c21-11(1-4-15(29)25-13(10-38)20(33)24-9-16(30)31)19(32)23-6-8-36-7-5-22-12-2-3-14(28(34)35)18-17(12)26-37-27-18/h2-3,11,13,22,38H,1,4-10,21H2,(H,23,32)(H,24,33)(H,25,29)(H,30,31)/t11?,13-/m0/s1. The highest BCUT2D eigenvalue weighted by Crippen LogP contribution is 2.28. The van der Waals surface area contributed by atoms with Crippen molar-refractivity contribution in [1.29, 1.82) is 0 Å². The molecule has 3 amide bonds. The lowest BCUT2D eigenvalue weighted by Crippen LogP contribution is -2.49. The average Bonchev–Trinajstić information content (AvgIpc) is 3.38. The van der Waals surface area contributed by atoms with Crippen LogP contribution in [-0.2, 0) is 23.9 Å². The number of carboxylic acids is 1. The van der Waals surface area contributed by atoms with Crippen molar-refractivity contribution in [2.75, 3.05) is 43.9 Å². The first kappa shape index (κ1) is 30.2. The minimum Gasteiger partial charge on any atom is -0.480 e. The summed E-state index contributed by atoms with van der Waals surface area (Å²) in [6.07, 6.45) is -0.122. The number of ether oxygens (including phenoxy) is 1. The van der Waals surface area contributed by atoms with E-state index >= 15 is 0 Å². The summed E-state index contributed by atoms with van der Waals surface area (Å²) in [4.78, 5) is 57.0. The molecule has 208 valence electrons. The van der Waals surface area contributed by atoms with Gasteiger partial charge in [-0.3, -0.25) is 29.3 Å². The molecule has 1 heterocycles. The largest absolute Gasteiger partial charge is 0.480 e. The number of carbonyl (C=O) groups excluding carboxylic acids is 3. The molecule has 0 aliphatic rings. The third kappa shape index (κ3) is 9.45. The molecule has 0 aliphatic heterocycles. The van der Waals surface area contributed by atoms with Crippen LogP contribution in [-0.4, -0.2) is 94.7 Å². The lowest BCUT2D eigenvalue weighted by molar-refractivity contribution is -0.383. The van der Waals surface area contributed by atoms with E-state index < -0.39 is 47.2 Å². The first-order chi connectivity index (χ1) is 18.1. The van der Waals surface area contributed by atoms with E-state index in [4.69, 9.17) is 15.6 Å². The number of fused-ring (bicyclic) bond motifs is 1. The van der Waals surface area contributed by atoms with Gasteiger partial charge in [0.2, 0.25) is 23.2 Å². The second kappa shape index (κ2) is 15.3. The van der Waals surface area contributed by atoms with Gasteiger partial charge in [0.05, 0.1) is 29.9 Å². The molecule has 18 heteroatoms. The number of rotatable bonds is 17. The predicted octanol–water partition coefficient (Wildman–Crippen LogP) is -1.60. The van der Waals surface area contributed by atoms with Crippen LogP contribution in [0.5, 0.6) is 0 Å². The number of carboxylic acid groups (broad SMARTS) is 1. The van der Waals surface area contributed by atoms with Gasteiger partial charge in [0.1, 0.15) is 12.6 Å². The van der Waals surface area contributed by atoms with Gasteiger partial charge >= 0.3 is 11.7 Å². The number of amides is 3. The van der Waals surface area contributed by atoms with Gasteiger partial charge in [-0.2, -0.15) is 12.6 Å². The summed E-state index contributed by atoms with van der Waals surface area (Å²) >= 11 is 3.97. The number of benzene rings is 1. The molecule has 38 heavy (non-hydrogen) atoms. The van der Waals surface area contributed by atoms with Crippen molar-refractivity contribution in [3.8, 4) is 0 Å². The first-order valence-electron chi connectivity index (χ1n) is 11.3. The molecule has 0 aliphatic carbocycles. The summed E-state index contributed by atoms with van der Waals surface area (Å²) < 4.78 is 10.0. The van der Waals surface area contributed by atoms with Crippen LogP contribution in [0.15, 0.2) is 16.8 Å². The van der Waals surface area contributed by atoms with Crippen LogP contribution in [0.25, 0.3) is 11.0 Å². The van der Waals surface area contributed by atoms with E-state index in [1.807, 2.05) is 0 Å². The molecule has 1 aromatic heterocycles. The fourth-order valence-corrected chi connectivity index (χ4v) is 3.30. The highest BCUT2D eigenvalue weighted by molar-refractivity contribution is 7.80. The van der Waals surface area contributed by atoms with Gasteiger partial charge < -0.3 is 36.8 Å². The Hall–Kier alpha value is -4.03. The number of aliphatic carboxylic acids is 1. The van der Waals surface area contributed by atoms with Gasteiger partial charge in [-0.25, -0.2) is 4.63 Å². The second-order valence-corrected chi connectivity index (χ2v) is 8.11. The number of aromatic nitrogens is 2. The summed E-state index contributed by atoms with van der Waals surface area (Å²) in [5, 5.41) is 37.0. The third-order valence-electron chi connectivity index (χ3n) is 4.97. The zero-order chi connectivity index (χ0) is 28.1. The van der Waals surface area contributed by atoms with Crippen LogP contribution < -0.4 is 27.0 Å². The molecule has 0 bridgehead atoms. The van der Waals surface area contributed by atoms with Crippen molar-refractivity contribution in [1.82, 2.24) is 26.3 Å². The third-order valence-corrected chi connectivity index (χ3v) is 5.33. The maximum absolute atomic E-state index is 12.1. The molecule has 1 unspecified atom stereocenters. The number of nitrogens with two attached hydrogens (primary N) is 1. The Morgan fingerprint density at radius 3 is 2.53 bits per heavy atom. The Bertz CT molecular complexity index is 1140. The maximum Gasteiger partial charge on any atom is 0.322 e. The predicted molar refractivity (Wildman–Crippen MR) is 134 cm³/mol. The lowest BCUT2D eigenvalue weighted by Gasteiger charge is -2.17. The number of hydrogen-bond donors (Lipinski definition) is 7. The number of nitrogens with zero attached hydrogens (tertiary/aromatic N) is 3. The Morgan fingerprint density at radius 2 is 1.84 bits per heavy atom. The molecule has 0 radical (unpaired) electrons. The van der Waals surface area contributed by atoms with E-state index in [0.29, 0.717) is 12.2 Å². The summed E-state index contributed by atoms with van der Waals surface area (Å²) in [5.74, 6) is -2.99. The van der Waals surface area contributed by atoms with Crippen LogP contribution in [0.1, 0.15) is 12.8 Å². The first-order valence-corrected chi connectivity index (χ1v) is 11.9. The van der Waals surface area contributed by atoms with Crippen molar-refractivity contribution in [2.24, 2.45) is 5.73 Å². The Labute approximate surface area is 220 Å². The molecule has 17 nitrogen and oxygen atoms in total. The van der Waals surface area contributed by atoms with Gasteiger partial charge in [0.15, 0.2) is 5.52 Å². The molecule has 0 saturated heterocycles. The number of nitrogens with one attached hydrogen (secondary N) is 4. The maximum atomic E-state index is 12.1.